The Hall–Kier alpha value is -6.70. The van der Waals surface area contributed by atoms with E-state index in [0.29, 0.717) is 0 Å². The highest BCUT2D eigenvalue weighted by Crippen LogP contribution is 2.47. The summed E-state index contributed by atoms with van der Waals surface area (Å²) in [6.07, 6.45) is 0. The molecule has 0 atom stereocenters. The molecule has 240 valence electrons. The van der Waals surface area contributed by atoms with Crippen LogP contribution in [0.3, 0.4) is 0 Å². The molecule has 1 heteroatoms. The Morgan fingerprint density at radius 3 is 1.31 bits per heavy atom. The van der Waals surface area contributed by atoms with Crippen molar-refractivity contribution >= 4 is 38.6 Å². The summed E-state index contributed by atoms with van der Waals surface area (Å²) in [7, 11) is 0. The van der Waals surface area contributed by atoms with Gasteiger partial charge in [0, 0.05) is 16.8 Å². The second-order valence-corrected chi connectivity index (χ2v) is 12.9. The molecule has 0 aliphatic heterocycles. The molecule has 0 heterocycles. The average molecular weight is 650 g/mol. The first-order chi connectivity index (χ1) is 25.3. The molecule has 0 aliphatic carbocycles. The third kappa shape index (κ3) is 5.75. The zero-order valence-electron chi connectivity index (χ0n) is 28.2. The molecule has 51 heavy (non-hydrogen) atoms. The summed E-state index contributed by atoms with van der Waals surface area (Å²) in [5.41, 5.74) is 12.8. The van der Waals surface area contributed by atoms with Crippen molar-refractivity contribution in [2.24, 2.45) is 0 Å². The zero-order chi connectivity index (χ0) is 34.0. The topological polar surface area (TPSA) is 3.24 Å². The fourth-order valence-corrected chi connectivity index (χ4v) is 7.43. The number of hydrogen-bond acceptors (Lipinski definition) is 1. The molecule has 0 bridgehead atoms. The molecule has 0 fully saturated rings. The summed E-state index contributed by atoms with van der Waals surface area (Å²) in [5.74, 6) is 0. The lowest BCUT2D eigenvalue weighted by atomic mass is 9.93. The molecule has 9 rings (SSSR count). The lowest BCUT2D eigenvalue weighted by Crippen LogP contribution is -2.12. The first-order valence-electron chi connectivity index (χ1n) is 17.5. The van der Waals surface area contributed by atoms with E-state index >= 15 is 0 Å². The highest BCUT2D eigenvalue weighted by Gasteiger charge is 2.22. The van der Waals surface area contributed by atoms with Crippen LogP contribution in [0.4, 0.5) is 17.1 Å². The fraction of sp³-hybridized carbons (Fsp3) is 0. The second-order valence-electron chi connectivity index (χ2n) is 12.9. The van der Waals surface area contributed by atoms with Gasteiger partial charge in [-0.3, -0.25) is 0 Å². The average Bonchev–Trinajstić information content (AvgIpc) is 3.22. The lowest BCUT2D eigenvalue weighted by molar-refractivity contribution is 1.28. The molecule has 9 aromatic rings. The van der Waals surface area contributed by atoms with Crippen LogP contribution in [-0.2, 0) is 0 Å². The quantitative estimate of drug-likeness (QED) is 0.166. The van der Waals surface area contributed by atoms with Gasteiger partial charge in [0.15, 0.2) is 0 Å². The molecule has 0 amide bonds. The third-order valence-corrected chi connectivity index (χ3v) is 9.88. The monoisotopic (exact) mass is 649 g/mol. The zero-order valence-corrected chi connectivity index (χ0v) is 28.2. The molecule has 0 spiro atoms. The minimum absolute atomic E-state index is 1.09. The standard InChI is InChI=1S/C50H35N/c1-3-15-38(16-4-1)47-25-11-12-28-49(47)51(42-32-29-40(30-33-42)45-26-13-21-36-19-7-9-23-43(36)45)50-35-41(31-34-48(50)39-17-5-2-6-18-39)46-27-14-22-37-20-8-10-24-44(37)46/h1-35H. The van der Waals surface area contributed by atoms with Crippen LogP contribution in [0.25, 0.3) is 66.1 Å². The number of anilines is 3. The second kappa shape index (κ2) is 13.3. The van der Waals surface area contributed by atoms with Crippen LogP contribution >= 0.6 is 0 Å². The SMILES string of the molecule is c1ccc(-c2ccccc2N(c2ccc(-c3cccc4ccccc34)cc2)c2cc(-c3cccc4ccccc34)ccc2-c2ccccc2)cc1. The van der Waals surface area contributed by atoms with Crippen molar-refractivity contribution < 1.29 is 0 Å². The van der Waals surface area contributed by atoms with Crippen molar-refractivity contribution in [1.29, 1.82) is 0 Å². The van der Waals surface area contributed by atoms with E-state index in [1.54, 1.807) is 0 Å². The van der Waals surface area contributed by atoms with Gasteiger partial charge in [-0.15, -0.1) is 0 Å². The van der Waals surface area contributed by atoms with Crippen molar-refractivity contribution in [2.45, 2.75) is 0 Å². The highest BCUT2D eigenvalue weighted by atomic mass is 15.1. The van der Waals surface area contributed by atoms with Gasteiger partial charge in [-0.1, -0.05) is 188 Å². The van der Waals surface area contributed by atoms with Crippen molar-refractivity contribution in [2.75, 3.05) is 4.90 Å². The molecule has 0 saturated heterocycles. The normalized spacial score (nSPS) is 11.1. The minimum Gasteiger partial charge on any atom is -0.309 e. The number of fused-ring (bicyclic) bond motifs is 2. The van der Waals surface area contributed by atoms with Gasteiger partial charge in [0.25, 0.3) is 0 Å². The van der Waals surface area contributed by atoms with E-state index in [-0.39, 0.29) is 0 Å². The number of hydrogen-bond donors (Lipinski definition) is 0. The van der Waals surface area contributed by atoms with Crippen LogP contribution in [0, 0.1) is 0 Å². The van der Waals surface area contributed by atoms with Crippen LogP contribution in [0.1, 0.15) is 0 Å². The number of nitrogens with zero attached hydrogens (tertiary/aromatic N) is 1. The Bertz CT molecular complexity index is 2610. The van der Waals surface area contributed by atoms with Crippen LogP contribution in [-0.4, -0.2) is 0 Å². The minimum atomic E-state index is 1.09. The largest absolute Gasteiger partial charge is 0.309 e. The molecule has 0 radical (unpaired) electrons. The molecule has 0 N–H and O–H groups in total. The smallest absolute Gasteiger partial charge is 0.0546 e. The van der Waals surface area contributed by atoms with Crippen molar-refractivity contribution in [1.82, 2.24) is 0 Å². The van der Waals surface area contributed by atoms with Gasteiger partial charge >= 0.3 is 0 Å². The van der Waals surface area contributed by atoms with E-state index < -0.39 is 0 Å². The van der Waals surface area contributed by atoms with E-state index in [0.717, 1.165) is 17.1 Å². The van der Waals surface area contributed by atoms with Crippen LogP contribution in [0.2, 0.25) is 0 Å². The summed E-state index contributed by atoms with van der Waals surface area (Å²) in [4.78, 5) is 2.45. The summed E-state index contributed by atoms with van der Waals surface area (Å²) in [6.45, 7) is 0. The molecule has 0 unspecified atom stereocenters. The van der Waals surface area contributed by atoms with Crippen molar-refractivity contribution in [3.63, 3.8) is 0 Å². The summed E-state index contributed by atoms with van der Waals surface area (Å²) in [5, 5.41) is 4.98. The Morgan fingerprint density at radius 1 is 0.255 bits per heavy atom. The van der Waals surface area contributed by atoms with Gasteiger partial charge in [0.05, 0.1) is 11.4 Å². The first-order valence-corrected chi connectivity index (χ1v) is 17.5. The molecule has 0 saturated carbocycles. The lowest BCUT2D eigenvalue weighted by Gasteiger charge is -2.30. The van der Waals surface area contributed by atoms with Gasteiger partial charge in [-0.25, -0.2) is 0 Å². The van der Waals surface area contributed by atoms with Crippen LogP contribution in [0.15, 0.2) is 212 Å². The van der Waals surface area contributed by atoms with Gasteiger partial charge in [-0.2, -0.15) is 0 Å². The van der Waals surface area contributed by atoms with Gasteiger partial charge in [0.2, 0.25) is 0 Å². The van der Waals surface area contributed by atoms with Gasteiger partial charge in [0.1, 0.15) is 0 Å². The maximum absolute atomic E-state index is 2.45. The number of rotatable bonds is 7. The summed E-state index contributed by atoms with van der Waals surface area (Å²) < 4.78 is 0. The van der Waals surface area contributed by atoms with Gasteiger partial charge < -0.3 is 4.90 Å². The number of benzene rings is 9. The highest BCUT2D eigenvalue weighted by molar-refractivity contribution is 6.01. The van der Waals surface area contributed by atoms with E-state index in [1.807, 2.05) is 0 Å². The Labute approximate surface area is 299 Å². The molecule has 0 aromatic heterocycles. The maximum Gasteiger partial charge on any atom is 0.0546 e. The summed E-state index contributed by atoms with van der Waals surface area (Å²) >= 11 is 0. The molecule has 1 nitrogen and oxygen atoms in total. The molecular weight excluding hydrogens is 615 g/mol. The van der Waals surface area contributed by atoms with Crippen LogP contribution in [0.5, 0.6) is 0 Å². The predicted octanol–water partition coefficient (Wildman–Crippen LogP) is 14.1. The van der Waals surface area contributed by atoms with E-state index in [1.165, 1.54) is 66.1 Å². The Balaban J connectivity index is 1.30. The molecule has 0 aliphatic rings. The van der Waals surface area contributed by atoms with Crippen molar-refractivity contribution in [3.8, 4) is 44.5 Å². The predicted molar refractivity (Wildman–Crippen MR) is 218 cm³/mol. The third-order valence-electron chi connectivity index (χ3n) is 9.88. The molecular formula is C50H35N. The van der Waals surface area contributed by atoms with Gasteiger partial charge in [-0.05, 0) is 79.2 Å². The fourth-order valence-electron chi connectivity index (χ4n) is 7.43. The summed E-state index contributed by atoms with van der Waals surface area (Å²) in [6, 6.07) is 76.7. The van der Waals surface area contributed by atoms with Crippen LogP contribution < -0.4 is 4.90 Å². The first kappa shape index (κ1) is 30.4. The number of para-hydroxylation sites is 1. The Morgan fingerprint density at radius 2 is 0.686 bits per heavy atom. The van der Waals surface area contributed by atoms with E-state index in [9.17, 15) is 0 Å². The molecule has 9 aromatic carbocycles. The van der Waals surface area contributed by atoms with E-state index in [4.69, 9.17) is 0 Å². The maximum atomic E-state index is 2.45. The van der Waals surface area contributed by atoms with E-state index in [2.05, 4.69) is 217 Å². The van der Waals surface area contributed by atoms with Crippen molar-refractivity contribution in [3.05, 3.63) is 212 Å². The Kier molecular flexibility index (Phi) is 7.92.